The lowest BCUT2D eigenvalue weighted by atomic mass is 10.1. The van der Waals surface area contributed by atoms with Gasteiger partial charge in [-0.1, -0.05) is 11.6 Å². The lowest BCUT2D eigenvalue weighted by Crippen LogP contribution is -2.43. The highest BCUT2D eigenvalue weighted by Crippen LogP contribution is 2.36. The standard InChI is InChI=1S/C20H24ClFN2O3/c1-20(2,3)24-18(25)12-27-19-16(21)9-13(10-17(19)26-4)11-23-15-7-5-14(22)6-8-15/h5-10,23H,11-12H2,1-4H3,(H,24,25). The zero-order valence-electron chi connectivity index (χ0n) is 15.9. The number of hydrogen-bond acceptors (Lipinski definition) is 4. The van der Waals surface area contributed by atoms with Gasteiger partial charge in [-0.25, -0.2) is 4.39 Å². The Labute approximate surface area is 163 Å². The number of hydrogen-bond donors (Lipinski definition) is 2. The van der Waals surface area contributed by atoms with Gasteiger partial charge in [0.1, 0.15) is 5.82 Å². The summed E-state index contributed by atoms with van der Waals surface area (Å²) in [5.41, 5.74) is 1.29. The highest BCUT2D eigenvalue weighted by molar-refractivity contribution is 6.32. The van der Waals surface area contributed by atoms with E-state index in [0.29, 0.717) is 23.1 Å². The molecule has 2 rings (SSSR count). The van der Waals surface area contributed by atoms with Crippen molar-refractivity contribution in [2.24, 2.45) is 0 Å². The summed E-state index contributed by atoms with van der Waals surface area (Å²) in [6, 6.07) is 9.58. The van der Waals surface area contributed by atoms with Crippen LogP contribution in [0.15, 0.2) is 36.4 Å². The van der Waals surface area contributed by atoms with Crippen molar-refractivity contribution in [3.05, 3.63) is 52.8 Å². The van der Waals surface area contributed by atoms with Gasteiger partial charge in [0, 0.05) is 17.8 Å². The van der Waals surface area contributed by atoms with E-state index >= 15 is 0 Å². The average Bonchev–Trinajstić information content (AvgIpc) is 2.58. The lowest BCUT2D eigenvalue weighted by molar-refractivity contribution is -0.124. The predicted octanol–water partition coefficient (Wildman–Crippen LogP) is 4.39. The van der Waals surface area contributed by atoms with Crippen LogP contribution in [0.4, 0.5) is 10.1 Å². The molecule has 2 aromatic rings. The van der Waals surface area contributed by atoms with Crippen molar-refractivity contribution in [2.75, 3.05) is 19.0 Å². The number of nitrogens with one attached hydrogen (secondary N) is 2. The van der Waals surface area contributed by atoms with Gasteiger partial charge in [-0.05, 0) is 62.7 Å². The Morgan fingerprint density at radius 1 is 1.19 bits per heavy atom. The Morgan fingerprint density at radius 2 is 1.85 bits per heavy atom. The largest absolute Gasteiger partial charge is 0.493 e. The van der Waals surface area contributed by atoms with Crippen molar-refractivity contribution in [3.63, 3.8) is 0 Å². The van der Waals surface area contributed by atoms with Gasteiger partial charge in [0.15, 0.2) is 18.1 Å². The quantitative estimate of drug-likeness (QED) is 0.731. The third-order valence-corrected chi connectivity index (χ3v) is 3.77. The molecule has 0 saturated carbocycles. The van der Waals surface area contributed by atoms with E-state index in [9.17, 15) is 9.18 Å². The summed E-state index contributed by atoms with van der Waals surface area (Å²) in [4.78, 5) is 11.9. The summed E-state index contributed by atoms with van der Waals surface area (Å²) in [5.74, 6) is 0.209. The second-order valence-corrected chi connectivity index (χ2v) is 7.46. The molecule has 0 heterocycles. The molecule has 5 nitrogen and oxygen atoms in total. The fraction of sp³-hybridized carbons (Fsp3) is 0.350. The summed E-state index contributed by atoms with van der Waals surface area (Å²) < 4.78 is 23.9. The predicted molar refractivity (Wildman–Crippen MR) is 105 cm³/mol. The third-order valence-electron chi connectivity index (χ3n) is 3.49. The molecule has 27 heavy (non-hydrogen) atoms. The first-order valence-electron chi connectivity index (χ1n) is 8.47. The van der Waals surface area contributed by atoms with Crippen LogP contribution >= 0.6 is 11.6 Å². The maximum atomic E-state index is 13.0. The Kier molecular flexibility index (Phi) is 6.91. The van der Waals surface area contributed by atoms with Crippen LogP contribution in [0.25, 0.3) is 0 Å². The van der Waals surface area contributed by atoms with E-state index in [0.717, 1.165) is 11.3 Å². The van der Waals surface area contributed by atoms with Crippen LogP contribution in [0.1, 0.15) is 26.3 Å². The molecule has 0 spiro atoms. The van der Waals surface area contributed by atoms with Gasteiger partial charge in [-0.3, -0.25) is 4.79 Å². The van der Waals surface area contributed by atoms with Crippen molar-refractivity contribution in [2.45, 2.75) is 32.9 Å². The van der Waals surface area contributed by atoms with E-state index in [1.165, 1.54) is 19.2 Å². The number of benzene rings is 2. The third kappa shape index (κ3) is 6.64. The van der Waals surface area contributed by atoms with Crippen LogP contribution < -0.4 is 20.1 Å². The Morgan fingerprint density at radius 3 is 2.44 bits per heavy atom. The van der Waals surface area contributed by atoms with Gasteiger partial charge in [-0.15, -0.1) is 0 Å². The van der Waals surface area contributed by atoms with Gasteiger partial charge in [0.05, 0.1) is 12.1 Å². The molecular formula is C20H24ClFN2O3. The van der Waals surface area contributed by atoms with Crippen LogP contribution in [0, 0.1) is 5.82 Å². The fourth-order valence-electron chi connectivity index (χ4n) is 2.38. The molecular weight excluding hydrogens is 371 g/mol. The van der Waals surface area contributed by atoms with E-state index in [1.807, 2.05) is 20.8 Å². The molecule has 0 unspecified atom stereocenters. The number of carbonyl (C=O) groups excluding carboxylic acids is 1. The molecule has 0 aliphatic carbocycles. The number of ether oxygens (including phenoxy) is 2. The Bertz CT molecular complexity index is 789. The maximum Gasteiger partial charge on any atom is 0.258 e. The number of halogens is 2. The Hall–Kier alpha value is -2.47. The summed E-state index contributed by atoms with van der Waals surface area (Å²) in [6.07, 6.45) is 0. The summed E-state index contributed by atoms with van der Waals surface area (Å²) in [7, 11) is 1.50. The van der Waals surface area contributed by atoms with Gasteiger partial charge >= 0.3 is 0 Å². The monoisotopic (exact) mass is 394 g/mol. The maximum absolute atomic E-state index is 13.0. The minimum atomic E-state index is -0.343. The van der Waals surface area contributed by atoms with E-state index in [2.05, 4.69) is 10.6 Å². The number of carbonyl (C=O) groups is 1. The minimum absolute atomic E-state index is 0.166. The number of rotatable bonds is 7. The number of anilines is 1. The molecule has 0 aliphatic rings. The normalized spacial score (nSPS) is 11.0. The Balaban J connectivity index is 2.05. The molecule has 146 valence electrons. The van der Waals surface area contributed by atoms with Gasteiger partial charge in [0.2, 0.25) is 0 Å². The first kappa shape index (κ1) is 20.8. The molecule has 7 heteroatoms. The zero-order valence-corrected chi connectivity index (χ0v) is 16.6. The number of amides is 1. The fourth-order valence-corrected chi connectivity index (χ4v) is 2.67. The van der Waals surface area contributed by atoms with Crippen molar-refractivity contribution < 1.29 is 18.7 Å². The second-order valence-electron chi connectivity index (χ2n) is 7.06. The molecule has 0 radical (unpaired) electrons. The highest BCUT2D eigenvalue weighted by Gasteiger charge is 2.17. The zero-order chi connectivity index (χ0) is 20.0. The summed E-state index contributed by atoms with van der Waals surface area (Å²) >= 11 is 6.32. The first-order chi connectivity index (χ1) is 12.7. The van der Waals surface area contributed by atoms with Gasteiger partial charge < -0.3 is 20.1 Å². The summed E-state index contributed by atoms with van der Waals surface area (Å²) in [5, 5.41) is 6.33. The first-order valence-corrected chi connectivity index (χ1v) is 8.85. The molecule has 0 bridgehead atoms. The van der Waals surface area contributed by atoms with Crippen molar-refractivity contribution in [3.8, 4) is 11.5 Å². The topological polar surface area (TPSA) is 59.6 Å². The lowest BCUT2D eigenvalue weighted by Gasteiger charge is -2.21. The SMILES string of the molecule is COc1cc(CNc2ccc(F)cc2)cc(Cl)c1OCC(=O)NC(C)(C)C. The molecule has 1 amide bonds. The molecule has 0 aliphatic heterocycles. The van der Waals surface area contributed by atoms with Crippen LogP contribution in [0.3, 0.4) is 0 Å². The van der Waals surface area contributed by atoms with Crippen molar-refractivity contribution in [1.29, 1.82) is 0 Å². The highest BCUT2D eigenvalue weighted by atomic mass is 35.5. The smallest absolute Gasteiger partial charge is 0.258 e. The molecule has 0 aromatic heterocycles. The number of methoxy groups -OCH3 is 1. The molecule has 0 atom stereocenters. The average molecular weight is 395 g/mol. The van der Waals surface area contributed by atoms with E-state index in [-0.39, 0.29) is 23.9 Å². The van der Waals surface area contributed by atoms with Crippen LogP contribution in [-0.2, 0) is 11.3 Å². The second kappa shape index (κ2) is 8.95. The van der Waals surface area contributed by atoms with E-state index < -0.39 is 0 Å². The van der Waals surface area contributed by atoms with Crippen LogP contribution in [0.5, 0.6) is 11.5 Å². The van der Waals surface area contributed by atoms with Gasteiger partial charge in [0.25, 0.3) is 5.91 Å². The van der Waals surface area contributed by atoms with Gasteiger partial charge in [-0.2, -0.15) is 0 Å². The van der Waals surface area contributed by atoms with E-state index in [1.54, 1.807) is 24.3 Å². The summed E-state index contributed by atoms with van der Waals surface area (Å²) in [6.45, 7) is 5.97. The van der Waals surface area contributed by atoms with Crippen molar-refractivity contribution in [1.82, 2.24) is 5.32 Å². The molecule has 2 aromatic carbocycles. The minimum Gasteiger partial charge on any atom is -0.493 e. The van der Waals surface area contributed by atoms with Crippen LogP contribution in [-0.4, -0.2) is 25.2 Å². The van der Waals surface area contributed by atoms with Crippen LogP contribution in [0.2, 0.25) is 5.02 Å². The van der Waals surface area contributed by atoms with Crippen molar-refractivity contribution >= 4 is 23.2 Å². The molecule has 0 saturated heterocycles. The molecule has 2 N–H and O–H groups in total. The molecule has 0 fully saturated rings. The van der Waals surface area contributed by atoms with E-state index in [4.69, 9.17) is 21.1 Å².